The fourth-order valence-electron chi connectivity index (χ4n) is 4.99. The molecule has 30 heavy (non-hydrogen) atoms. The van der Waals surface area contributed by atoms with Crippen LogP contribution in [-0.4, -0.2) is 25.2 Å². The van der Waals surface area contributed by atoms with E-state index in [-0.39, 0.29) is 23.4 Å². The first kappa shape index (κ1) is 17.6. The average molecular weight is 408 g/mol. The van der Waals surface area contributed by atoms with Crippen LogP contribution in [0, 0.1) is 11.8 Å². The van der Waals surface area contributed by atoms with Crippen molar-refractivity contribution in [3.05, 3.63) is 52.8 Å². The molecule has 0 N–H and O–H groups in total. The Morgan fingerprint density at radius 2 is 1.97 bits per heavy atom. The van der Waals surface area contributed by atoms with Gasteiger partial charge in [0.25, 0.3) is 0 Å². The molecule has 2 atom stereocenters. The maximum Gasteiger partial charge on any atom is 0.329 e. The van der Waals surface area contributed by atoms with Crippen molar-refractivity contribution in [2.45, 2.75) is 37.8 Å². The van der Waals surface area contributed by atoms with E-state index in [0.717, 1.165) is 25.7 Å². The molecule has 0 spiro atoms. The van der Waals surface area contributed by atoms with Gasteiger partial charge in [-0.05, 0) is 31.4 Å². The van der Waals surface area contributed by atoms with Gasteiger partial charge in [-0.25, -0.2) is 14.2 Å². The van der Waals surface area contributed by atoms with Crippen molar-refractivity contribution < 1.29 is 13.5 Å². The van der Waals surface area contributed by atoms with Crippen LogP contribution in [0.2, 0.25) is 0 Å². The van der Waals surface area contributed by atoms with Crippen LogP contribution in [-0.2, 0) is 7.05 Å². The SMILES string of the molecule is Cn1c(=O)n2c3c4c(c(-c5ccc(F)nc5)c(F)cc4ncc31)OC1CCCCC12. The van der Waals surface area contributed by atoms with Gasteiger partial charge in [0.2, 0.25) is 5.95 Å². The first-order valence-electron chi connectivity index (χ1n) is 10.1. The van der Waals surface area contributed by atoms with Crippen molar-refractivity contribution in [1.82, 2.24) is 19.1 Å². The number of rotatable bonds is 1. The van der Waals surface area contributed by atoms with Crippen molar-refractivity contribution in [2.75, 3.05) is 0 Å². The lowest BCUT2D eigenvalue weighted by Gasteiger charge is -2.31. The first-order chi connectivity index (χ1) is 14.5. The van der Waals surface area contributed by atoms with E-state index in [9.17, 15) is 9.18 Å². The number of hydrogen-bond donors (Lipinski definition) is 0. The molecule has 152 valence electrons. The Morgan fingerprint density at radius 3 is 2.77 bits per heavy atom. The number of ether oxygens (including phenoxy) is 1. The molecule has 4 aromatic rings. The smallest absolute Gasteiger partial charge is 0.329 e. The number of nitrogens with zero attached hydrogens (tertiary/aromatic N) is 4. The van der Waals surface area contributed by atoms with Crippen molar-refractivity contribution in [3.8, 4) is 16.9 Å². The van der Waals surface area contributed by atoms with E-state index in [0.29, 0.717) is 33.2 Å². The Labute approximate surface area is 169 Å². The molecule has 0 bridgehead atoms. The molecule has 8 heteroatoms. The molecule has 3 aromatic heterocycles. The Kier molecular flexibility index (Phi) is 3.57. The first-order valence-corrected chi connectivity index (χ1v) is 10.1. The number of imidazole rings is 1. The van der Waals surface area contributed by atoms with Crippen molar-refractivity contribution in [2.24, 2.45) is 7.05 Å². The van der Waals surface area contributed by atoms with Gasteiger partial charge in [0.1, 0.15) is 17.7 Å². The molecular formula is C22H18F2N4O2. The summed E-state index contributed by atoms with van der Waals surface area (Å²) in [6, 6.07) is 3.90. The highest BCUT2D eigenvalue weighted by Crippen LogP contribution is 2.46. The van der Waals surface area contributed by atoms with E-state index in [2.05, 4.69) is 9.97 Å². The second-order valence-corrected chi connectivity index (χ2v) is 8.04. The van der Waals surface area contributed by atoms with E-state index in [1.54, 1.807) is 17.8 Å². The monoisotopic (exact) mass is 408 g/mol. The van der Waals surface area contributed by atoms with Gasteiger partial charge in [0, 0.05) is 24.9 Å². The summed E-state index contributed by atoms with van der Waals surface area (Å²) in [4.78, 5) is 21.3. The molecule has 6 rings (SSSR count). The van der Waals surface area contributed by atoms with Gasteiger partial charge < -0.3 is 4.74 Å². The Morgan fingerprint density at radius 1 is 1.13 bits per heavy atom. The zero-order chi connectivity index (χ0) is 20.6. The molecule has 0 saturated heterocycles. The van der Waals surface area contributed by atoms with E-state index in [4.69, 9.17) is 4.74 Å². The molecule has 1 saturated carbocycles. The molecule has 4 heterocycles. The van der Waals surface area contributed by atoms with Gasteiger partial charge in [-0.1, -0.05) is 6.42 Å². The minimum Gasteiger partial charge on any atom is -0.487 e. The minimum atomic E-state index is -0.639. The van der Waals surface area contributed by atoms with Gasteiger partial charge in [-0.3, -0.25) is 14.1 Å². The third-order valence-corrected chi connectivity index (χ3v) is 6.40. The van der Waals surface area contributed by atoms with Gasteiger partial charge in [0.15, 0.2) is 0 Å². The lowest BCUT2D eigenvalue weighted by Crippen LogP contribution is -2.37. The molecular weight excluding hydrogens is 390 g/mol. The topological polar surface area (TPSA) is 61.9 Å². The minimum absolute atomic E-state index is 0.123. The van der Waals surface area contributed by atoms with E-state index in [1.165, 1.54) is 24.4 Å². The number of benzene rings is 1. The summed E-state index contributed by atoms with van der Waals surface area (Å²) in [5.41, 5.74) is 2.33. The maximum absolute atomic E-state index is 15.3. The van der Waals surface area contributed by atoms with Crippen LogP contribution in [0.3, 0.4) is 0 Å². The highest BCUT2D eigenvalue weighted by molar-refractivity contribution is 6.09. The third kappa shape index (κ3) is 2.24. The normalized spacial score (nSPS) is 20.4. The molecule has 1 aliphatic carbocycles. The molecule has 0 amide bonds. The summed E-state index contributed by atoms with van der Waals surface area (Å²) >= 11 is 0. The highest BCUT2D eigenvalue weighted by atomic mass is 19.1. The summed E-state index contributed by atoms with van der Waals surface area (Å²) in [6.07, 6.45) is 6.22. The number of hydrogen-bond acceptors (Lipinski definition) is 4. The molecule has 0 radical (unpaired) electrons. The summed E-state index contributed by atoms with van der Waals surface area (Å²) in [5.74, 6) is -0.804. The zero-order valence-electron chi connectivity index (χ0n) is 16.2. The van der Waals surface area contributed by atoms with Gasteiger partial charge in [0.05, 0.1) is 39.7 Å². The fourth-order valence-corrected chi connectivity index (χ4v) is 4.99. The summed E-state index contributed by atoms with van der Waals surface area (Å²) in [7, 11) is 1.73. The van der Waals surface area contributed by atoms with Crippen LogP contribution in [0.5, 0.6) is 5.75 Å². The van der Waals surface area contributed by atoms with Crippen LogP contribution in [0.1, 0.15) is 31.7 Å². The van der Waals surface area contributed by atoms with Gasteiger partial charge >= 0.3 is 5.69 Å². The maximum atomic E-state index is 15.3. The lowest BCUT2D eigenvalue weighted by molar-refractivity contribution is 0.102. The van der Waals surface area contributed by atoms with Crippen molar-refractivity contribution in [1.29, 1.82) is 0 Å². The standard InChI is InChI=1S/C22H18F2N4O2/c1-27-15-10-25-13-8-12(23)18(11-6-7-17(24)26-9-11)21-19(13)20(15)28(22(27)29)14-4-2-3-5-16(14)30-21/h6-10,14,16H,2-5H2,1H3. The molecule has 1 fully saturated rings. The van der Waals surface area contributed by atoms with Crippen LogP contribution in [0.25, 0.3) is 33.1 Å². The second-order valence-electron chi connectivity index (χ2n) is 8.04. The predicted molar refractivity (Wildman–Crippen MR) is 108 cm³/mol. The van der Waals surface area contributed by atoms with Crippen LogP contribution in [0.15, 0.2) is 35.4 Å². The average Bonchev–Trinajstić information content (AvgIpc) is 2.90. The Bertz CT molecular complexity index is 1390. The number of fused-ring (bicyclic) bond motifs is 2. The summed E-state index contributed by atoms with van der Waals surface area (Å²) in [5, 5.41) is 0.611. The van der Waals surface area contributed by atoms with Crippen LogP contribution in [0.4, 0.5) is 8.78 Å². The fraction of sp³-hybridized carbons (Fsp3) is 0.318. The lowest BCUT2D eigenvalue weighted by atomic mass is 9.92. The summed E-state index contributed by atoms with van der Waals surface area (Å²) in [6.45, 7) is 0. The molecule has 2 aliphatic rings. The van der Waals surface area contributed by atoms with E-state index < -0.39 is 11.8 Å². The van der Waals surface area contributed by atoms with Crippen LogP contribution < -0.4 is 10.4 Å². The van der Waals surface area contributed by atoms with E-state index >= 15 is 4.39 Å². The predicted octanol–water partition coefficient (Wildman–Crippen LogP) is 4.10. The van der Waals surface area contributed by atoms with E-state index in [1.807, 2.05) is 4.57 Å². The van der Waals surface area contributed by atoms with Crippen molar-refractivity contribution >= 4 is 21.9 Å². The number of halogens is 2. The van der Waals surface area contributed by atoms with Crippen molar-refractivity contribution in [3.63, 3.8) is 0 Å². The van der Waals surface area contributed by atoms with Gasteiger partial charge in [-0.15, -0.1) is 0 Å². The Balaban J connectivity index is 1.80. The number of aromatic nitrogens is 4. The molecule has 1 aromatic carbocycles. The summed E-state index contributed by atoms with van der Waals surface area (Å²) < 4.78 is 38.6. The molecule has 6 nitrogen and oxygen atoms in total. The van der Waals surface area contributed by atoms with Gasteiger partial charge in [-0.2, -0.15) is 4.39 Å². The quantitative estimate of drug-likeness (QED) is 0.445. The molecule has 2 unspecified atom stereocenters. The van der Waals surface area contributed by atoms with Crippen LogP contribution >= 0.6 is 0 Å². The number of aryl methyl sites for hydroxylation is 1. The highest BCUT2D eigenvalue weighted by Gasteiger charge is 2.37. The zero-order valence-corrected chi connectivity index (χ0v) is 16.2. The largest absolute Gasteiger partial charge is 0.487 e. The third-order valence-electron chi connectivity index (χ3n) is 6.40. The number of pyridine rings is 2. The Hall–Kier alpha value is -3.29. The molecule has 1 aliphatic heterocycles. The second kappa shape index (κ2) is 6.10.